The van der Waals surface area contributed by atoms with Gasteiger partial charge in [0.2, 0.25) is 0 Å². The number of carbonyl (C=O) groups excluding carboxylic acids is 1. The second-order valence-electron chi connectivity index (χ2n) is 4.06. The summed E-state index contributed by atoms with van der Waals surface area (Å²) in [4.78, 5) is 24.9. The molecular formula is C12H19NO3S. The quantitative estimate of drug-likeness (QED) is 0.784. The molecule has 5 heteroatoms. The minimum atomic E-state index is -0.911. The van der Waals surface area contributed by atoms with Gasteiger partial charge in [-0.15, -0.1) is 11.8 Å². The molecule has 0 aromatic heterocycles. The number of amides is 1. The van der Waals surface area contributed by atoms with E-state index < -0.39 is 12.0 Å². The van der Waals surface area contributed by atoms with Gasteiger partial charge in [0.05, 0.1) is 5.37 Å². The van der Waals surface area contributed by atoms with Gasteiger partial charge in [-0.2, -0.15) is 0 Å². The molecule has 1 amide bonds. The molecule has 0 aromatic rings. The summed E-state index contributed by atoms with van der Waals surface area (Å²) in [6, 6.07) is -0.683. The van der Waals surface area contributed by atoms with Crippen molar-refractivity contribution in [3.8, 4) is 0 Å². The molecule has 0 aliphatic carbocycles. The molecule has 0 aromatic carbocycles. The van der Waals surface area contributed by atoms with Crippen molar-refractivity contribution >= 4 is 23.6 Å². The normalized spacial score (nSPS) is 25.1. The number of carboxylic acid groups (broad SMARTS) is 1. The van der Waals surface area contributed by atoms with Gasteiger partial charge in [-0.3, -0.25) is 4.79 Å². The molecule has 1 aliphatic heterocycles. The van der Waals surface area contributed by atoms with Gasteiger partial charge in [-0.05, 0) is 19.8 Å². The average molecular weight is 257 g/mol. The molecule has 96 valence electrons. The number of hydrogen-bond donors (Lipinski definition) is 1. The number of aliphatic carboxylic acids is 1. The van der Waals surface area contributed by atoms with E-state index in [1.807, 2.05) is 19.9 Å². The molecule has 2 atom stereocenters. The van der Waals surface area contributed by atoms with Crippen molar-refractivity contribution in [1.29, 1.82) is 0 Å². The van der Waals surface area contributed by atoms with Crippen molar-refractivity contribution < 1.29 is 14.7 Å². The maximum Gasteiger partial charge on any atom is 0.327 e. The Labute approximate surface area is 106 Å². The highest BCUT2D eigenvalue weighted by atomic mass is 32.2. The summed E-state index contributed by atoms with van der Waals surface area (Å²) in [5.74, 6) is -0.568. The lowest BCUT2D eigenvalue weighted by molar-refractivity contribution is -0.147. The van der Waals surface area contributed by atoms with Gasteiger partial charge >= 0.3 is 5.97 Å². The van der Waals surface area contributed by atoms with Crippen molar-refractivity contribution in [2.24, 2.45) is 0 Å². The maximum atomic E-state index is 12.2. The Morgan fingerprint density at radius 3 is 2.59 bits per heavy atom. The van der Waals surface area contributed by atoms with E-state index in [-0.39, 0.29) is 11.3 Å². The van der Waals surface area contributed by atoms with Crippen LogP contribution in [-0.4, -0.2) is 39.1 Å². The third kappa shape index (κ3) is 3.03. The van der Waals surface area contributed by atoms with Crippen molar-refractivity contribution in [2.45, 2.75) is 45.0 Å². The van der Waals surface area contributed by atoms with Crippen LogP contribution in [0, 0.1) is 0 Å². The smallest absolute Gasteiger partial charge is 0.327 e. The lowest BCUT2D eigenvalue weighted by atomic mass is 10.1. The van der Waals surface area contributed by atoms with Gasteiger partial charge in [0.15, 0.2) is 0 Å². The standard InChI is InChI=1S/C12H19NO3S/c1-4-6-8(3)11(14)13-9(12(15)16)7-17-10(13)5-2/h6,9-10H,4-5,7H2,1-3H3,(H,15,16)/b8-6-. The van der Waals surface area contributed by atoms with E-state index in [1.54, 1.807) is 18.7 Å². The van der Waals surface area contributed by atoms with E-state index in [2.05, 4.69) is 0 Å². The van der Waals surface area contributed by atoms with E-state index in [9.17, 15) is 9.59 Å². The zero-order valence-electron chi connectivity index (χ0n) is 10.5. The number of allylic oxidation sites excluding steroid dienone is 1. The number of hydrogen-bond acceptors (Lipinski definition) is 3. The lowest BCUT2D eigenvalue weighted by Gasteiger charge is -2.26. The summed E-state index contributed by atoms with van der Waals surface area (Å²) >= 11 is 1.55. The predicted molar refractivity (Wildman–Crippen MR) is 68.9 cm³/mol. The Kier molecular flexibility index (Phi) is 5.05. The summed E-state index contributed by atoms with van der Waals surface area (Å²) in [6.45, 7) is 5.68. The van der Waals surface area contributed by atoms with Crippen molar-refractivity contribution in [1.82, 2.24) is 4.90 Å². The largest absolute Gasteiger partial charge is 0.480 e. The first kappa shape index (κ1) is 14.1. The summed E-state index contributed by atoms with van der Waals surface area (Å²) in [5, 5.41) is 9.12. The van der Waals surface area contributed by atoms with Crippen molar-refractivity contribution in [3.05, 3.63) is 11.6 Å². The molecule has 17 heavy (non-hydrogen) atoms. The van der Waals surface area contributed by atoms with Crippen LogP contribution in [0.3, 0.4) is 0 Å². The number of carbonyl (C=O) groups is 2. The maximum absolute atomic E-state index is 12.2. The fourth-order valence-corrected chi connectivity index (χ4v) is 3.28. The summed E-state index contributed by atoms with van der Waals surface area (Å²) < 4.78 is 0. The Balaban J connectivity index is 2.92. The van der Waals surface area contributed by atoms with Gasteiger partial charge in [-0.1, -0.05) is 19.9 Å². The zero-order valence-corrected chi connectivity index (χ0v) is 11.3. The van der Waals surface area contributed by atoms with Gasteiger partial charge in [0.25, 0.3) is 5.91 Å². The number of rotatable bonds is 4. The number of thioether (sulfide) groups is 1. The summed E-state index contributed by atoms with van der Waals surface area (Å²) in [6.07, 6.45) is 3.41. The Morgan fingerprint density at radius 2 is 2.12 bits per heavy atom. The molecule has 1 fully saturated rings. The van der Waals surface area contributed by atoms with Gasteiger partial charge in [0, 0.05) is 11.3 Å². The SMILES string of the molecule is CC/C=C(/C)C(=O)N1C(CC)SCC1C(=O)O. The molecule has 1 N–H and O–H groups in total. The fourth-order valence-electron chi connectivity index (χ4n) is 1.94. The average Bonchev–Trinajstić information content (AvgIpc) is 2.71. The molecule has 0 bridgehead atoms. The van der Waals surface area contributed by atoms with E-state index in [0.29, 0.717) is 11.3 Å². The third-order valence-corrected chi connectivity index (χ3v) is 4.26. The molecule has 1 saturated heterocycles. The first-order valence-electron chi connectivity index (χ1n) is 5.86. The van der Waals surface area contributed by atoms with Gasteiger partial charge in [-0.25, -0.2) is 4.79 Å². The molecule has 1 aliphatic rings. The lowest BCUT2D eigenvalue weighted by Crippen LogP contribution is -2.45. The van der Waals surface area contributed by atoms with Crippen LogP contribution >= 0.6 is 11.8 Å². The molecular weight excluding hydrogens is 238 g/mol. The molecule has 1 rings (SSSR count). The van der Waals surface area contributed by atoms with Crippen molar-refractivity contribution in [3.63, 3.8) is 0 Å². The summed E-state index contributed by atoms with van der Waals surface area (Å²) in [7, 11) is 0. The molecule has 0 radical (unpaired) electrons. The second-order valence-corrected chi connectivity index (χ2v) is 5.27. The molecule has 1 heterocycles. The first-order valence-corrected chi connectivity index (χ1v) is 6.91. The van der Waals surface area contributed by atoms with Crippen LogP contribution < -0.4 is 0 Å². The van der Waals surface area contributed by atoms with Crippen LogP contribution in [0.5, 0.6) is 0 Å². The molecule has 2 unspecified atom stereocenters. The van der Waals surface area contributed by atoms with Crippen LogP contribution in [0.4, 0.5) is 0 Å². The molecule has 4 nitrogen and oxygen atoms in total. The highest BCUT2D eigenvalue weighted by molar-refractivity contribution is 8.00. The Bertz CT molecular complexity index is 341. The number of carboxylic acids is 1. The third-order valence-electron chi connectivity index (χ3n) is 2.81. The minimum absolute atomic E-state index is 0.0104. The van der Waals surface area contributed by atoms with Gasteiger partial charge < -0.3 is 10.0 Å². The van der Waals surface area contributed by atoms with E-state index >= 15 is 0 Å². The predicted octanol–water partition coefficient (Wildman–Crippen LogP) is 2.11. The first-order chi connectivity index (χ1) is 8.02. The molecule has 0 spiro atoms. The highest BCUT2D eigenvalue weighted by Crippen LogP contribution is 2.32. The molecule has 0 saturated carbocycles. The summed E-state index contributed by atoms with van der Waals surface area (Å²) in [5.41, 5.74) is 0.639. The van der Waals surface area contributed by atoms with Crippen molar-refractivity contribution in [2.75, 3.05) is 5.75 Å². The second kappa shape index (κ2) is 6.10. The monoisotopic (exact) mass is 257 g/mol. The zero-order chi connectivity index (χ0) is 13.0. The van der Waals surface area contributed by atoms with Crippen LogP contribution in [-0.2, 0) is 9.59 Å². The van der Waals surface area contributed by atoms with Crippen LogP contribution in [0.15, 0.2) is 11.6 Å². The highest BCUT2D eigenvalue weighted by Gasteiger charge is 2.40. The number of nitrogens with zero attached hydrogens (tertiary/aromatic N) is 1. The van der Waals surface area contributed by atoms with Crippen LogP contribution in [0.2, 0.25) is 0 Å². The van der Waals surface area contributed by atoms with Crippen LogP contribution in [0.1, 0.15) is 33.6 Å². The Hall–Kier alpha value is -0.970. The minimum Gasteiger partial charge on any atom is -0.480 e. The fraction of sp³-hybridized carbons (Fsp3) is 0.667. The van der Waals surface area contributed by atoms with Crippen LogP contribution in [0.25, 0.3) is 0 Å². The Morgan fingerprint density at radius 1 is 1.47 bits per heavy atom. The topological polar surface area (TPSA) is 57.6 Å². The van der Waals surface area contributed by atoms with E-state index in [1.165, 1.54) is 4.90 Å². The van der Waals surface area contributed by atoms with E-state index in [4.69, 9.17) is 5.11 Å². The van der Waals surface area contributed by atoms with Gasteiger partial charge in [0.1, 0.15) is 6.04 Å². The van der Waals surface area contributed by atoms with E-state index in [0.717, 1.165) is 12.8 Å².